The number of benzene rings is 4. The predicted octanol–water partition coefficient (Wildman–Crippen LogP) is 9.09. The molecule has 0 spiro atoms. The van der Waals surface area contributed by atoms with E-state index in [2.05, 4.69) is 154 Å². The van der Waals surface area contributed by atoms with Gasteiger partial charge < -0.3 is 9.80 Å². The molecule has 2 nitrogen and oxygen atoms in total. The van der Waals surface area contributed by atoms with E-state index in [-0.39, 0.29) is 17.5 Å². The van der Waals surface area contributed by atoms with Gasteiger partial charge in [0.1, 0.15) is 0 Å². The summed E-state index contributed by atoms with van der Waals surface area (Å²) in [6.45, 7) is 14.3. The van der Waals surface area contributed by atoms with Crippen molar-refractivity contribution in [2.45, 2.75) is 59.8 Å². The Labute approximate surface area is 246 Å². The summed E-state index contributed by atoms with van der Waals surface area (Å²) in [5.41, 5.74) is 15.2. The molecule has 3 heteroatoms. The van der Waals surface area contributed by atoms with Crippen LogP contribution in [0.2, 0.25) is 0 Å². The molecule has 0 saturated carbocycles. The quantitative estimate of drug-likeness (QED) is 0.237. The lowest BCUT2D eigenvalue weighted by Crippen LogP contribution is -2.56. The summed E-state index contributed by atoms with van der Waals surface area (Å²) in [6, 6.07) is 36.0. The summed E-state index contributed by atoms with van der Waals surface area (Å²) in [7, 11) is 0. The highest BCUT2D eigenvalue weighted by Crippen LogP contribution is 2.48. The molecular formula is C38H39BN2. The number of nitrogens with zero attached hydrogens (tertiary/aromatic N) is 2. The molecule has 0 amide bonds. The van der Waals surface area contributed by atoms with Crippen LogP contribution >= 0.6 is 0 Å². The van der Waals surface area contributed by atoms with Gasteiger partial charge in [-0.3, -0.25) is 0 Å². The Morgan fingerprint density at radius 3 is 1.80 bits per heavy atom. The largest absolute Gasteiger partial charge is 0.315 e. The second-order valence-electron chi connectivity index (χ2n) is 13.8. The maximum Gasteiger partial charge on any atom is 0.251 e. The fraction of sp³-hybridized carbons (Fsp3) is 0.263. The number of para-hydroxylation sites is 2. The van der Waals surface area contributed by atoms with E-state index in [9.17, 15) is 0 Å². The summed E-state index contributed by atoms with van der Waals surface area (Å²) < 4.78 is 0. The number of hydrogen-bond donors (Lipinski definition) is 0. The zero-order chi connectivity index (χ0) is 28.5. The van der Waals surface area contributed by atoms with E-state index < -0.39 is 0 Å². The third kappa shape index (κ3) is 4.17. The average Bonchev–Trinajstić information content (AvgIpc) is 2.96. The summed E-state index contributed by atoms with van der Waals surface area (Å²) in [5.74, 6) is 0. The lowest BCUT2D eigenvalue weighted by atomic mass is 9.32. The normalized spacial score (nSPS) is 16.2. The monoisotopic (exact) mass is 534 g/mol. The van der Waals surface area contributed by atoms with Crippen LogP contribution in [0.4, 0.5) is 28.4 Å². The molecule has 0 radical (unpaired) electrons. The van der Waals surface area contributed by atoms with Crippen LogP contribution in [0.25, 0.3) is 0 Å². The smallest absolute Gasteiger partial charge is 0.251 e. The van der Waals surface area contributed by atoms with E-state index in [0.717, 1.165) is 12.8 Å². The van der Waals surface area contributed by atoms with Crippen LogP contribution in [-0.2, 0) is 5.41 Å². The van der Waals surface area contributed by atoms with Gasteiger partial charge in [-0.05, 0) is 88.1 Å². The summed E-state index contributed by atoms with van der Waals surface area (Å²) in [4.78, 5) is 5.05. The molecule has 0 aromatic heterocycles. The molecule has 41 heavy (non-hydrogen) atoms. The molecule has 2 heterocycles. The summed E-state index contributed by atoms with van der Waals surface area (Å²) >= 11 is 0. The van der Waals surface area contributed by atoms with Crippen molar-refractivity contribution >= 4 is 46.1 Å². The van der Waals surface area contributed by atoms with Gasteiger partial charge in [-0.15, -0.1) is 0 Å². The second-order valence-corrected chi connectivity index (χ2v) is 13.8. The summed E-state index contributed by atoms with van der Waals surface area (Å²) in [6.07, 6.45) is 4.72. The molecule has 0 N–H and O–H groups in total. The molecule has 0 bridgehead atoms. The Morgan fingerprint density at radius 2 is 1.20 bits per heavy atom. The predicted molar refractivity (Wildman–Crippen MR) is 177 cm³/mol. The first-order valence-electron chi connectivity index (χ1n) is 15.0. The van der Waals surface area contributed by atoms with Crippen molar-refractivity contribution < 1.29 is 0 Å². The van der Waals surface area contributed by atoms with Crippen LogP contribution in [0.3, 0.4) is 0 Å². The van der Waals surface area contributed by atoms with E-state index in [4.69, 9.17) is 0 Å². The van der Waals surface area contributed by atoms with Crippen molar-refractivity contribution in [1.82, 2.24) is 0 Å². The Balaban J connectivity index is 1.58. The van der Waals surface area contributed by atoms with Gasteiger partial charge in [0, 0.05) is 34.1 Å². The van der Waals surface area contributed by atoms with Gasteiger partial charge in [-0.25, -0.2) is 0 Å². The van der Waals surface area contributed by atoms with Gasteiger partial charge in [-0.2, -0.15) is 0 Å². The van der Waals surface area contributed by atoms with Crippen LogP contribution < -0.4 is 20.7 Å². The first-order chi connectivity index (χ1) is 19.6. The molecule has 2 aliphatic heterocycles. The van der Waals surface area contributed by atoms with E-state index in [1.165, 1.54) is 56.1 Å². The standard InChI is InChI=1S/C38H39BN2/c1-37(2,3)26-20-22-32-30(24-26)39-31-25-27(38(4,5)6)21-23-33(31)41(29-16-11-8-12-17-29)35-19-13-18-34(36(35)39)40(32)28-14-9-7-10-15-28/h7-20,22,24-25H,21,23H2,1-6H3. The summed E-state index contributed by atoms with van der Waals surface area (Å²) in [5, 5.41) is 0. The Kier molecular flexibility index (Phi) is 5.87. The first kappa shape index (κ1) is 26.0. The Bertz CT molecular complexity index is 1700. The molecule has 3 aliphatic rings. The van der Waals surface area contributed by atoms with Crippen LogP contribution in [0.1, 0.15) is 59.9 Å². The highest BCUT2D eigenvalue weighted by atomic mass is 15.2. The molecule has 1 aliphatic carbocycles. The van der Waals surface area contributed by atoms with E-state index in [1.807, 2.05) is 0 Å². The van der Waals surface area contributed by atoms with Crippen molar-refractivity contribution in [3.63, 3.8) is 0 Å². The number of allylic oxidation sites excluding steroid dienone is 4. The molecule has 4 aromatic carbocycles. The Morgan fingerprint density at radius 1 is 0.585 bits per heavy atom. The second kappa shape index (κ2) is 9.28. The first-order valence-corrected chi connectivity index (χ1v) is 15.0. The molecule has 0 fully saturated rings. The van der Waals surface area contributed by atoms with Gasteiger partial charge in [0.2, 0.25) is 0 Å². The van der Waals surface area contributed by atoms with Gasteiger partial charge in [0.15, 0.2) is 0 Å². The third-order valence-corrected chi connectivity index (χ3v) is 9.14. The zero-order valence-corrected chi connectivity index (χ0v) is 25.2. The highest BCUT2D eigenvalue weighted by molar-refractivity contribution is 6.95. The zero-order valence-electron chi connectivity index (χ0n) is 25.2. The van der Waals surface area contributed by atoms with Crippen molar-refractivity contribution in [2.75, 3.05) is 9.80 Å². The van der Waals surface area contributed by atoms with Gasteiger partial charge in [0.25, 0.3) is 6.71 Å². The maximum atomic E-state index is 2.57. The van der Waals surface area contributed by atoms with Crippen molar-refractivity contribution in [3.05, 3.63) is 125 Å². The number of fused-ring (bicyclic) bond motifs is 3. The van der Waals surface area contributed by atoms with Crippen LogP contribution in [-0.4, -0.2) is 6.71 Å². The molecule has 204 valence electrons. The topological polar surface area (TPSA) is 6.48 Å². The van der Waals surface area contributed by atoms with Crippen LogP contribution in [0, 0.1) is 5.41 Å². The number of anilines is 5. The molecule has 7 rings (SSSR count). The van der Waals surface area contributed by atoms with Crippen LogP contribution in [0.15, 0.2) is 120 Å². The lowest BCUT2D eigenvalue weighted by Gasteiger charge is -2.46. The molecule has 0 atom stereocenters. The lowest BCUT2D eigenvalue weighted by molar-refractivity contribution is 0.478. The van der Waals surface area contributed by atoms with Crippen molar-refractivity contribution in [1.29, 1.82) is 0 Å². The SMILES string of the molecule is CC(C)(C)C1=CC2=C(CC1)N(c1ccccc1)c1cccc3c1B2c1cc(C(C)(C)C)ccc1N3c1ccccc1. The third-order valence-electron chi connectivity index (χ3n) is 9.14. The Hall–Kier alpha value is -3.98. The van der Waals surface area contributed by atoms with E-state index in [1.54, 1.807) is 5.57 Å². The minimum absolute atomic E-state index is 0.0628. The minimum Gasteiger partial charge on any atom is -0.315 e. The number of hydrogen-bond acceptors (Lipinski definition) is 2. The fourth-order valence-corrected chi connectivity index (χ4v) is 6.99. The van der Waals surface area contributed by atoms with Crippen LogP contribution in [0.5, 0.6) is 0 Å². The molecule has 4 aromatic rings. The van der Waals surface area contributed by atoms with Gasteiger partial charge in [-0.1, -0.05) is 108 Å². The highest BCUT2D eigenvalue weighted by Gasteiger charge is 2.45. The van der Waals surface area contributed by atoms with E-state index >= 15 is 0 Å². The van der Waals surface area contributed by atoms with E-state index in [0.29, 0.717) is 0 Å². The molecule has 0 unspecified atom stereocenters. The fourth-order valence-electron chi connectivity index (χ4n) is 6.99. The van der Waals surface area contributed by atoms with Gasteiger partial charge in [0.05, 0.1) is 0 Å². The van der Waals surface area contributed by atoms with Crippen molar-refractivity contribution in [3.8, 4) is 0 Å². The number of rotatable bonds is 2. The maximum absolute atomic E-state index is 2.57. The molecule has 0 saturated heterocycles. The van der Waals surface area contributed by atoms with Crippen molar-refractivity contribution in [2.24, 2.45) is 5.41 Å². The molecular weight excluding hydrogens is 495 g/mol. The average molecular weight is 535 g/mol. The van der Waals surface area contributed by atoms with Gasteiger partial charge >= 0.3 is 0 Å². The minimum atomic E-state index is 0.0628.